The number of carbonyl (C=O) groups excluding carboxylic acids is 2. The summed E-state index contributed by atoms with van der Waals surface area (Å²) >= 11 is 0. The van der Waals surface area contributed by atoms with Crippen LogP contribution in [0.2, 0.25) is 0 Å². The Morgan fingerprint density at radius 3 is 2.27 bits per heavy atom. The molecule has 4 rings (SSSR count). The van der Waals surface area contributed by atoms with Crippen LogP contribution in [0.25, 0.3) is 22.4 Å². The number of nitrogens with two attached hydrogens (primary N) is 1. The van der Waals surface area contributed by atoms with Gasteiger partial charge in [0.25, 0.3) is 0 Å². The van der Waals surface area contributed by atoms with Crippen molar-refractivity contribution in [2.24, 2.45) is 5.73 Å². The lowest BCUT2D eigenvalue weighted by Gasteiger charge is -2.17. The number of imidazole rings is 1. The SMILES string of the molecule is NC(=O)N[C@@H](Cc1ccccc1)C(=O)Nc1ccc(-c2nc3ccccc3n2C(F)F)cc1. The second kappa shape index (κ2) is 9.47. The summed E-state index contributed by atoms with van der Waals surface area (Å²) < 4.78 is 28.3. The van der Waals surface area contributed by atoms with Gasteiger partial charge in [-0.25, -0.2) is 9.78 Å². The third kappa shape index (κ3) is 4.98. The van der Waals surface area contributed by atoms with Gasteiger partial charge in [0.15, 0.2) is 0 Å². The zero-order valence-corrected chi connectivity index (χ0v) is 17.4. The van der Waals surface area contributed by atoms with Gasteiger partial charge in [-0.2, -0.15) is 8.78 Å². The molecule has 168 valence electrons. The van der Waals surface area contributed by atoms with Crippen LogP contribution in [0.15, 0.2) is 78.9 Å². The molecule has 0 saturated carbocycles. The van der Waals surface area contributed by atoms with E-state index in [1.54, 1.807) is 48.5 Å². The molecule has 3 amide bonds. The Morgan fingerprint density at radius 2 is 1.61 bits per heavy atom. The number of fused-ring (bicyclic) bond motifs is 1. The first-order chi connectivity index (χ1) is 15.9. The molecule has 0 aliphatic heterocycles. The Balaban J connectivity index is 1.54. The van der Waals surface area contributed by atoms with Crippen molar-refractivity contribution in [3.63, 3.8) is 0 Å². The van der Waals surface area contributed by atoms with Crippen molar-refractivity contribution < 1.29 is 18.4 Å². The average molecular weight is 449 g/mol. The van der Waals surface area contributed by atoms with Crippen LogP contribution in [0, 0.1) is 0 Å². The van der Waals surface area contributed by atoms with Gasteiger partial charge in [-0.05, 0) is 42.0 Å². The normalized spacial score (nSPS) is 12.0. The van der Waals surface area contributed by atoms with E-state index in [0.29, 0.717) is 22.3 Å². The second-order valence-corrected chi connectivity index (χ2v) is 7.39. The second-order valence-electron chi connectivity index (χ2n) is 7.39. The molecule has 3 aromatic carbocycles. The average Bonchev–Trinajstić information content (AvgIpc) is 3.19. The summed E-state index contributed by atoms with van der Waals surface area (Å²) in [6.45, 7) is -2.76. The number of amides is 3. The summed E-state index contributed by atoms with van der Waals surface area (Å²) in [6.07, 6.45) is 0.256. The summed E-state index contributed by atoms with van der Waals surface area (Å²) in [5, 5.41) is 5.18. The summed E-state index contributed by atoms with van der Waals surface area (Å²) in [6, 6.07) is 20.6. The number of nitrogens with one attached hydrogen (secondary N) is 2. The van der Waals surface area contributed by atoms with E-state index in [1.165, 1.54) is 0 Å². The van der Waals surface area contributed by atoms with Crippen molar-refractivity contribution >= 4 is 28.7 Å². The molecule has 4 N–H and O–H groups in total. The quantitative estimate of drug-likeness (QED) is 0.392. The van der Waals surface area contributed by atoms with Crippen LogP contribution in [-0.2, 0) is 11.2 Å². The number of hydrogen-bond donors (Lipinski definition) is 3. The van der Waals surface area contributed by atoms with Crippen LogP contribution in [0.4, 0.5) is 19.3 Å². The van der Waals surface area contributed by atoms with Crippen LogP contribution in [0.5, 0.6) is 0 Å². The van der Waals surface area contributed by atoms with Gasteiger partial charge < -0.3 is 16.4 Å². The number of urea groups is 1. The smallest absolute Gasteiger partial charge is 0.320 e. The number of anilines is 1. The zero-order valence-electron chi connectivity index (χ0n) is 17.4. The van der Waals surface area contributed by atoms with E-state index < -0.39 is 24.5 Å². The molecule has 0 unspecified atom stereocenters. The molecule has 7 nitrogen and oxygen atoms in total. The van der Waals surface area contributed by atoms with Crippen LogP contribution in [0.1, 0.15) is 12.1 Å². The van der Waals surface area contributed by atoms with E-state index in [0.717, 1.165) is 10.1 Å². The van der Waals surface area contributed by atoms with Gasteiger partial charge in [0.1, 0.15) is 11.9 Å². The first-order valence-corrected chi connectivity index (χ1v) is 10.2. The Hall–Kier alpha value is -4.27. The van der Waals surface area contributed by atoms with Crippen LogP contribution in [0.3, 0.4) is 0 Å². The predicted octanol–water partition coefficient (Wildman–Crippen LogP) is 4.32. The van der Waals surface area contributed by atoms with Gasteiger partial charge in [0, 0.05) is 17.7 Å². The summed E-state index contributed by atoms with van der Waals surface area (Å²) in [5.74, 6) is -0.327. The third-order valence-corrected chi connectivity index (χ3v) is 5.12. The molecule has 0 spiro atoms. The number of benzene rings is 3. The highest BCUT2D eigenvalue weighted by Gasteiger charge is 2.21. The number of rotatable bonds is 7. The highest BCUT2D eigenvalue weighted by molar-refractivity contribution is 5.97. The van der Waals surface area contributed by atoms with Gasteiger partial charge in [-0.1, -0.05) is 42.5 Å². The Morgan fingerprint density at radius 1 is 0.939 bits per heavy atom. The van der Waals surface area contributed by atoms with E-state index in [1.807, 2.05) is 30.3 Å². The number of carbonyl (C=O) groups is 2. The van der Waals surface area contributed by atoms with Crippen molar-refractivity contribution in [3.05, 3.63) is 84.4 Å². The minimum absolute atomic E-state index is 0.126. The van der Waals surface area contributed by atoms with Crippen molar-refractivity contribution in [1.82, 2.24) is 14.9 Å². The molecule has 0 radical (unpaired) electrons. The van der Waals surface area contributed by atoms with Crippen molar-refractivity contribution in [2.45, 2.75) is 19.0 Å². The molecule has 9 heteroatoms. The van der Waals surface area contributed by atoms with Crippen molar-refractivity contribution in [2.75, 3.05) is 5.32 Å². The first-order valence-electron chi connectivity index (χ1n) is 10.2. The zero-order chi connectivity index (χ0) is 23.4. The van der Waals surface area contributed by atoms with Crippen LogP contribution < -0.4 is 16.4 Å². The number of para-hydroxylation sites is 2. The maximum Gasteiger partial charge on any atom is 0.320 e. The molecule has 0 aliphatic carbocycles. The molecule has 0 saturated heterocycles. The molecule has 33 heavy (non-hydrogen) atoms. The number of nitrogens with zero attached hydrogens (tertiary/aromatic N) is 2. The number of hydrogen-bond acceptors (Lipinski definition) is 3. The summed E-state index contributed by atoms with van der Waals surface area (Å²) in [4.78, 5) is 28.5. The molecule has 0 fully saturated rings. The highest BCUT2D eigenvalue weighted by atomic mass is 19.3. The maximum atomic E-state index is 13.7. The number of alkyl halides is 2. The van der Waals surface area contributed by atoms with Gasteiger partial charge >= 0.3 is 12.6 Å². The standard InChI is InChI=1S/C24H21F2N5O2/c25-23(26)31-20-9-5-4-8-18(20)29-21(31)16-10-12-17(13-11-16)28-22(32)19(30-24(27)33)14-15-6-2-1-3-7-15/h1-13,19,23H,14H2,(H,28,32)(H3,27,30,33)/t19-/m0/s1. The van der Waals surface area contributed by atoms with Gasteiger partial charge in [0.05, 0.1) is 11.0 Å². The van der Waals surface area contributed by atoms with E-state index in [-0.39, 0.29) is 12.2 Å². The highest BCUT2D eigenvalue weighted by Crippen LogP contribution is 2.30. The molecular formula is C24H21F2N5O2. The number of halogens is 2. The lowest BCUT2D eigenvalue weighted by atomic mass is 10.1. The number of primary amides is 1. The summed E-state index contributed by atoms with van der Waals surface area (Å²) in [5.41, 5.74) is 7.80. The van der Waals surface area contributed by atoms with Crippen molar-refractivity contribution in [3.8, 4) is 11.4 Å². The third-order valence-electron chi connectivity index (χ3n) is 5.12. The first kappa shape index (κ1) is 21.9. The minimum Gasteiger partial charge on any atom is -0.352 e. The van der Waals surface area contributed by atoms with Crippen LogP contribution >= 0.6 is 0 Å². The fraction of sp³-hybridized carbons (Fsp3) is 0.125. The van der Waals surface area contributed by atoms with E-state index in [4.69, 9.17) is 5.73 Å². The Labute approximate surface area is 188 Å². The van der Waals surface area contributed by atoms with Gasteiger partial charge in [-0.3, -0.25) is 9.36 Å². The topological polar surface area (TPSA) is 102 Å². The van der Waals surface area contributed by atoms with Crippen LogP contribution in [-0.4, -0.2) is 27.5 Å². The molecule has 4 aromatic rings. The summed E-state index contributed by atoms with van der Waals surface area (Å²) in [7, 11) is 0. The van der Waals surface area contributed by atoms with Gasteiger partial charge in [0.2, 0.25) is 5.91 Å². The molecule has 1 heterocycles. The number of aromatic nitrogens is 2. The largest absolute Gasteiger partial charge is 0.352 e. The minimum atomic E-state index is -2.76. The van der Waals surface area contributed by atoms with E-state index >= 15 is 0 Å². The molecule has 0 aliphatic rings. The Kier molecular flexibility index (Phi) is 6.30. The van der Waals surface area contributed by atoms with Crippen molar-refractivity contribution in [1.29, 1.82) is 0 Å². The Bertz CT molecular complexity index is 1270. The lowest BCUT2D eigenvalue weighted by Crippen LogP contribution is -2.47. The van der Waals surface area contributed by atoms with E-state index in [2.05, 4.69) is 15.6 Å². The molecule has 1 aromatic heterocycles. The molecule has 0 bridgehead atoms. The monoisotopic (exact) mass is 449 g/mol. The van der Waals surface area contributed by atoms with Gasteiger partial charge in [-0.15, -0.1) is 0 Å². The molecule has 1 atom stereocenters. The fourth-order valence-corrected chi connectivity index (χ4v) is 3.61. The molecular weight excluding hydrogens is 428 g/mol. The fourth-order valence-electron chi connectivity index (χ4n) is 3.61. The predicted molar refractivity (Wildman–Crippen MR) is 122 cm³/mol. The van der Waals surface area contributed by atoms with E-state index in [9.17, 15) is 18.4 Å². The maximum absolute atomic E-state index is 13.7. The lowest BCUT2D eigenvalue weighted by molar-refractivity contribution is -0.117.